The molecule has 1 saturated heterocycles. The van der Waals surface area contributed by atoms with Crippen molar-refractivity contribution >= 4 is 5.91 Å². The van der Waals surface area contributed by atoms with E-state index in [0.717, 1.165) is 19.5 Å². The first-order chi connectivity index (χ1) is 9.40. The van der Waals surface area contributed by atoms with Gasteiger partial charge in [0.05, 0.1) is 6.04 Å². The van der Waals surface area contributed by atoms with Crippen molar-refractivity contribution in [3.63, 3.8) is 0 Å². The minimum atomic E-state index is -0.0932. The fraction of sp³-hybridized carbons (Fsp3) is 0.938. The third kappa shape index (κ3) is 6.23. The van der Waals surface area contributed by atoms with Gasteiger partial charge in [-0.3, -0.25) is 4.79 Å². The number of hydrogen-bond donors (Lipinski definition) is 2. The van der Waals surface area contributed by atoms with Gasteiger partial charge in [-0.1, -0.05) is 13.8 Å². The fourth-order valence-corrected chi connectivity index (χ4v) is 2.69. The van der Waals surface area contributed by atoms with Crippen molar-refractivity contribution in [3.05, 3.63) is 0 Å². The highest BCUT2D eigenvalue weighted by atomic mass is 16.2. The molecule has 2 atom stereocenters. The maximum Gasteiger partial charge on any atom is 0.236 e. The molecule has 1 rings (SSSR count). The summed E-state index contributed by atoms with van der Waals surface area (Å²) in [5.74, 6) is 0.632. The minimum Gasteiger partial charge on any atom is -0.354 e. The van der Waals surface area contributed by atoms with Crippen LogP contribution in [-0.2, 0) is 4.79 Å². The van der Waals surface area contributed by atoms with E-state index in [2.05, 4.69) is 43.2 Å². The number of carbonyl (C=O) groups is 1. The Balaban J connectivity index is 2.34. The van der Waals surface area contributed by atoms with Crippen LogP contribution in [0.25, 0.3) is 0 Å². The molecule has 0 saturated carbocycles. The van der Waals surface area contributed by atoms with Crippen LogP contribution in [0, 0.1) is 5.92 Å². The van der Waals surface area contributed by atoms with Crippen molar-refractivity contribution in [3.8, 4) is 0 Å². The van der Waals surface area contributed by atoms with E-state index in [1.165, 1.54) is 19.4 Å². The first-order valence-electron chi connectivity index (χ1n) is 8.18. The molecule has 0 radical (unpaired) electrons. The van der Waals surface area contributed by atoms with E-state index in [0.29, 0.717) is 18.0 Å². The van der Waals surface area contributed by atoms with Crippen molar-refractivity contribution in [1.82, 2.24) is 15.5 Å². The highest BCUT2D eigenvalue weighted by molar-refractivity contribution is 5.81. The summed E-state index contributed by atoms with van der Waals surface area (Å²) < 4.78 is 0. The molecule has 0 bridgehead atoms. The third-order valence-corrected chi connectivity index (χ3v) is 4.06. The molecule has 2 unspecified atom stereocenters. The minimum absolute atomic E-state index is 0.0932. The van der Waals surface area contributed by atoms with Gasteiger partial charge in [-0.05, 0) is 59.0 Å². The Hall–Kier alpha value is -0.610. The number of likely N-dealkylation sites (tertiary alicyclic amines) is 1. The zero-order valence-corrected chi connectivity index (χ0v) is 13.9. The highest BCUT2D eigenvalue weighted by Crippen LogP contribution is 2.13. The van der Waals surface area contributed by atoms with E-state index in [-0.39, 0.29) is 11.9 Å². The van der Waals surface area contributed by atoms with E-state index < -0.39 is 0 Å². The van der Waals surface area contributed by atoms with E-state index in [4.69, 9.17) is 0 Å². The van der Waals surface area contributed by atoms with Gasteiger partial charge in [-0.25, -0.2) is 0 Å². The number of carbonyl (C=O) groups excluding carboxylic acids is 1. The lowest BCUT2D eigenvalue weighted by molar-refractivity contribution is -0.123. The summed E-state index contributed by atoms with van der Waals surface area (Å²) in [7, 11) is 0. The molecule has 1 amide bonds. The molecule has 118 valence electrons. The largest absolute Gasteiger partial charge is 0.354 e. The summed E-state index contributed by atoms with van der Waals surface area (Å²) >= 11 is 0. The van der Waals surface area contributed by atoms with Gasteiger partial charge in [0.25, 0.3) is 0 Å². The molecule has 4 heteroatoms. The van der Waals surface area contributed by atoms with Crippen LogP contribution in [0.5, 0.6) is 0 Å². The molecular weight excluding hydrogens is 250 g/mol. The Bertz CT molecular complexity index is 291. The van der Waals surface area contributed by atoms with Crippen LogP contribution in [0.3, 0.4) is 0 Å². The molecule has 1 aliphatic rings. The molecular formula is C16H33N3O. The second-order valence-corrected chi connectivity index (χ2v) is 6.78. The zero-order chi connectivity index (χ0) is 15.1. The first-order valence-corrected chi connectivity index (χ1v) is 8.18. The van der Waals surface area contributed by atoms with Crippen LogP contribution in [-0.4, -0.2) is 48.6 Å². The predicted octanol–water partition coefficient (Wildman–Crippen LogP) is 2.00. The van der Waals surface area contributed by atoms with E-state index in [1.54, 1.807) is 0 Å². The monoisotopic (exact) mass is 283 g/mol. The predicted molar refractivity (Wildman–Crippen MR) is 84.8 cm³/mol. The Morgan fingerprint density at radius 2 is 1.85 bits per heavy atom. The standard InChI is InChI=1S/C16H33N3O/c1-12(2)11-17-16(20)14(5)18-15-7-6-9-19(10-8-15)13(3)4/h12-15,18H,6-11H2,1-5H3,(H,17,20). The molecule has 1 fully saturated rings. The maximum atomic E-state index is 12.0. The Kier molecular flexibility index (Phi) is 7.52. The number of amides is 1. The number of nitrogens with zero attached hydrogens (tertiary/aromatic N) is 1. The van der Waals surface area contributed by atoms with Crippen LogP contribution >= 0.6 is 0 Å². The number of hydrogen-bond acceptors (Lipinski definition) is 3. The molecule has 0 aromatic heterocycles. The molecule has 2 N–H and O–H groups in total. The summed E-state index contributed by atoms with van der Waals surface area (Å²) in [4.78, 5) is 14.5. The van der Waals surface area contributed by atoms with Crippen molar-refractivity contribution in [2.75, 3.05) is 19.6 Å². The van der Waals surface area contributed by atoms with Crippen molar-refractivity contribution < 1.29 is 4.79 Å². The Morgan fingerprint density at radius 1 is 1.15 bits per heavy atom. The quantitative estimate of drug-likeness (QED) is 0.783. The van der Waals surface area contributed by atoms with Crippen molar-refractivity contribution in [1.29, 1.82) is 0 Å². The van der Waals surface area contributed by atoms with Gasteiger partial charge >= 0.3 is 0 Å². The fourth-order valence-electron chi connectivity index (χ4n) is 2.69. The van der Waals surface area contributed by atoms with Crippen LogP contribution in [0.2, 0.25) is 0 Å². The average Bonchev–Trinajstić information content (AvgIpc) is 2.61. The third-order valence-electron chi connectivity index (χ3n) is 4.06. The van der Waals surface area contributed by atoms with E-state index >= 15 is 0 Å². The SMILES string of the molecule is CC(C)CNC(=O)C(C)NC1CCCN(C(C)C)CC1. The Labute approximate surface area is 124 Å². The van der Waals surface area contributed by atoms with Gasteiger partial charge < -0.3 is 15.5 Å². The average molecular weight is 283 g/mol. The van der Waals surface area contributed by atoms with Crippen LogP contribution < -0.4 is 10.6 Å². The lowest BCUT2D eigenvalue weighted by Gasteiger charge is -2.25. The first kappa shape index (κ1) is 17.4. The molecule has 20 heavy (non-hydrogen) atoms. The van der Waals surface area contributed by atoms with E-state index in [9.17, 15) is 4.79 Å². The van der Waals surface area contributed by atoms with Crippen LogP contribution in [0.1, 0.15) is 53.9 Å². The van der Waals surface area contributed by atoms with Gasteiger partial charge in [0, 0.05) is 18.6 Å². The normalized spacial score (nSPS) is 22.9. The van der Waals surface area contributed by atoms with Gasteiger partial charge in [-0.15, -0.1) is 0 Å². The van der Waals surface area contributed by atoms with Crippen molar-refractivity contribution in [2.45, 2.75) is 72.0 Å². The lowest BCUT2D eigenvalue weighted by Crippen LogP contribution is -2.47. The summed E-state index contributed by atoms with van der Waals surface area (Å²) in [5.41, 5.74) is 0. The van der Waals surface area contributed by atoms with Gasteiger partial charge in [-0.2, -0.15) is 0 Å². The van der Waals surface area contributed by atoms with Crippen LogP contribution in [0.15, 0.2) is 0 Å². The number of nitrogens with one attached hydrogen (secondary N) is 2. The maximum absolute atomic E-state index is 12.0. The van der Waals surface area contributed by atoms with E-state index in [1.807, 2.05) is 6.92 Å². The summed E-state index contributed by atoms with van der Waals surface area (Å²) in [6.07, 6.45) is 3.53. The molecule has 0 aliphatic carbocycles. The van der Waals surface area contributed by atoms with Gasteiger partial charge in [0.2, 0.25) is 5.91 Å². The molecule has 1 heterocycles. The summed E-state index contributed by atoms with van der Waals surface area (Å²) in [5, 5.41) is 6.51. The second kappa shape index (κ2) is 8.63. The molecule has 1 aliphatic heterocycles. The lowest BCUT2D eigenvalue weighted by atomic mass is 10.1. The molecule has 0 aromatic carbocycles. The van der Waals surface area contributed by atoms with Gasteiger partial charge in [0.1, 0.15) is 0 Å². The number of rotatable bonds is 6. The topological polar surface area (TPSA) is 44.4 Å². The van der Waals surface area contributed by atoms with Crippen LogP contribution in [0.4, 0.5) is 0 Å². The molecule has 4 nitrogen and oxygen atoms in total. The smallest absolute Gasteiger partial charge is 0.236 e. The summed E-state index contributed by atoms with van der Waals surface area (Å²) in [6, 6.07) is 1.00. The molecule has 0 aromatic rings. The molecule has 0 spiro atoms. The van der Waals surface area contributed by atoms with Crippen molar-refractivity contribution in [2.24, 2.45) is 5.92 Å². The summed E-state index contributed by atoms with van der Waals surface area (Å²) in [6.45, 7) is 13.8. The van der Waals surface area contributed by atoms with Gasteiger partial charge in [0.15, 0.2) is 0 Å². The highest BCUT2D eigenvalue weighted by Gasteiger charge is 2.22. The zero-order valence-electron chi connectivity index (χ0n) is 13.9. The second-order valence-electron chi connectivity index (χ2n) is 6.78. The Morgan fingerprint density at radius 3 is 2.45 bits per heavy atom.